The molecule has 0 N–H and O–H groups in total. The van der Waals surface area contributed by atoms with Gasteiger partial charge in [0.1, 0.15) is 0 Å². The van der Waals surface area contributed by atoms with Gasteiger partial charge in [-0.25, -0.2) is 0 Å². The Morgan fingerprint density at radius 1 is 0.800 bits per heavy atom. The maximum atomic E-state index is 3.54. The van der Waals surface area contributed by atoms with Crippen LogP contribution in [-0.2, 0) is 0 Å². The molecule has 1 saturated carbocycles. The van der Waals surface area contributed by atoms with Crippen molar-refractivity contribution < 1.29 is 0 Å². The second-order valence-corrected chi connectivity index (χ2v) is 4.49. The summed E-state index contributed by atoms with van der Waals surface area (Å²) in [4.78, 5) is 0. The molecule has 1 fully saturated rings. The highest BCUT2D eigenvalue weighted by molar-refractivity contribution is 9.09. The van der Waals surface area contributed by atoms with Crippen LogP contribution in [0.25, 0.3) is 0 Å². The molecule has 0 bridgehead atoms. The molecule has 0 aromatic rings. The third-order valence-electron chi connectivity index (χ3n) is 2.40. The molecule has 1 rings (SSSR count). The van der Waals surface area contributed by atoms with E-state index in [1.165, 1.54) is 36.3 Å². The van der Waals surface area contributed by atoms with Gasteiger partial charge < -0.3 is 0 Å². The molecule has 0 aliphatic heterocycles. The van der Waals surface area contributed by atoms with Crippen molar-refractivity contribution in [2.75, 3.05) is 10.7 Å². The van der Waals surface area contributed by atoms with Crippen LogP contribution in [0.5, 0.6) is 0 Å². The minimum Gasteiger partial charge on any atom is -0.0925 e. The van der Waals surface area contributed by atoms with Gasteiger partial charge in [-0.05, 0) is 37.5 Å². The van der Waals surface area contributed by atoms with Gasteiger partial charge in [0.2, 0.25) is 0 Å². The highest BCUT2D eigenvalue weighted by Gasteiger charge is 2.18. The second-order valence-electron chi connectivity index (χ2n) is 3.20. The van der Waals surface area contributed by atoms with Crippen LogP contribution in [0.3, 0.4) is 0 Å². The van der Waals surface area contributed by atoms with Crippen LogP contribution in [0.4, 0.5) is 0 Å². The maximum absolute atomic E-state index is 3.54. The van der Waals surface area contributed by atoms with Crippen molar-refractivity contribution in [2.24, 2.45) is 11.8 Å². The van der Waals surface area contributed by atoms with E-state index < -0.39 is 0 Å². The summed E-state index contributed by atoms with van der Waals surface area (Å²) >= 11 is 7.08. The van der Waals surface area contributed by atoms with Crippen molar-refractivity contribution in [3.05, 3.63) is 0 Å². The third-order valence-corrected chi connectivity index (χ3v) is 4.23. The van der Waals surface area contributed by atoms with Crippen LogP contribution in [0.15, 0.2) is 0 Å². The lowest BCUT2D eigenvalue weighted by Gasteiger charge is -2.25. The van der Waals surface area contributed by atoms with Crippen molar-refractivity contribution >= 4 is 31.9 Å². The fourth-order valence-electron chi connectivity index (χ4n) is 1.54. The molecule has 0 radical (unpaired) electrons. The fourth-order valence-corrected chi connectivity index (χ4v) is 2.84. The topological polar surface area (TPSA) is 0 Å². The molecular weight excluding hydrogens is 256 g/mol. The quantitative estimate of drug-likeness (QED) is 0.673. The summed E-state index contributed by atoms with van der Waals surface area (Å²) in [5.41, 5.74) is 0. The summed E-state index contributed by atoms with van der Waals surface area (Å²) in [6, 6.07) is 0. The zero-order valence-electron chi connectivity index (χ0n) is 6.15. The SMILES string of the molecule is BrC[C@H]1CC[C@@H](CBr)CC1. The average Bonchev–Trinajstić information content (AvgIpc) is 2.05. The fraction of sp³-hybridized carbons (Fsp3) is 1.00. The number of hydrogen-bond acceptors (Lipinski definition) is 0. The molecule has 10 heavy (non-hydrogen) atoms. The monoisotopic (exact) mass is 268 g/mol. The molecule has 2 heteroatoms. The third kappa shape index (κ3) is 2.54. The van der Waals surface area contributed by atoms with Crippen molar-refractivity contribution in [3.8, 4) is 0 Å². The van der Waals surface area contributed by atoms with Gasteiger partial charge >= 0.3 is 0 Å². The first-order valence-corrected chi connectivity index (χ1v) is 6.23. The molecule has 0 spiro atoms. The van der Waals surface area contributed by atoms with Crippen LogP contribution in [-0.4, -0.2) is 10.7 Å². The minimum absolute atomic E-state index is 0.968. The summed E-state index contributed by atoms with van der Waals surface area (Å²) in [6.45, 7) is 0. The maximum Gasteiger partial charge on any atom is 0.00596 e. The van der Waals surface area contributed by atoms with E-state index in [1.807, 2.05) is 0 Å². The largest absolute Gasteiger partial charge is 0.0925 e. The lowest BCUT2D eigenvalue weighted by molar-refractivity contribution is 0.318. The Hall–Kier alpha value is 0.960. The van der Waals surface area contributed by atoms with Gasteiger partial charge in [0.15, 0.2) is 0 Å². The van der Waals surface area contributed by atoms with Gasteiger partial charge in [-0.1, -0.05) is 31.9 Å². The second kappa shape index (κ2) is 4.76. The molecule has 0 aromatic carbocycles. The Labute approximate surface area is 80.0 Å². The Balaban J connectivity index is 2.17. The normalized spacial score (nSPS) is 34.2. The van der Waals surface area contributed by atoms with Gasteiger partial charge in [-0.2, -0.15) is 0 Å². The van der Waals surface area contributed by atoms with Gasteiger partial charge in [-0.3, -0.25) is 0 Å². The lowest BCUT2D eigenvalue weighted by Crippen LogP contribution is -2.15. The zero-order valence-corrected chi connectivity index (χ0v) is 9.33. The van der Waals surface area contributed by atoms with Crippen molar-refractivity contribution in [1.29, 1.82) is 0 Å². The van der Waals surface area contributed by atoms with E-state index >= 15 is 0 Å². The summed E-state index contributed by atoms with van der Waals surface area (Å²) in [6.07, 6.45) is 5.73. The Morgan fingerprint density at radius 3 is 1.30 bits per heavy atom. The highest BCUT2D eigenvalue weighted by atomic mass is 79.9. The first-order chi connectivity index (χ1) is 4.86. The highest BCUT2D eigenvalue weighted by Crippen LogP contribution is 2.30. The summed E-state index contributed by atoms with van der Waals surface area (Å²) < 4.78 is 0. The summed E-state index contributed by atoms with van der Waals surface area (Å²) in [7, 11) is 0. The Bertz CT molecular complexity index is 73.3. The van der Waals surface area contributed by atoms with E-state index in [0.29, 0.717) is 0 Å². The number of rotatable bonds is 2. The van der Waals surface area contributed by atoms with Gasteiger partial charge in [-0.15, -0.1) is 0 Å². The first-order valence-electron chi connectivity index (χ1n) is 3.98. The van der Waals surface area contributed by atoms with Crippen LogP contribution in [0.2, 0.25) is 0 Å². The molecule has 60 valence electrons. The van der Waals surface area contributed by atoms with Crippen LogP contribution < -0.4 is 0 Å². The molecule has 0 saturated heterocycles. The zero-order chi connectivity index (χ0) is 7.40. The Kier molecular flexibility index (Phi) is 4.31. The molecule has 0 aromatic heterocycles. The number of hydrogen-bond donors (Lipinski definition) is 0. The molecule has 0 nitrogen and oxygen atoms in total. The van der Waals surface area contributed by atoms with E-state index in [-0.39, 0.29) is 0 Å². The van der Waals surface area contributed by atoms with Crippen molar-refractivity contribution in [2.45, 2.75) is 25.7 Å². The lowest BCUT2D eigenvalue weighted by atomic mass is 9.84. The Morgan fingerprint density at radius 2 is 1.10 bits per heavy atom. The van der Waals surface area contributed by atoms with Crippen LogP contribution in [0.1, 0.15) is 25.7 Å². The van der Waals surface area contributed by atoms with Crippen molar-refractivity contribution in [1.82, 2.24) is 0 Å². The van der Waals surface area contributed by atoms with Crippen LogP contribution in [0, 0.1) is 11.8 Å². The first kappa shape index (κ1) is 9.05. The molecule has 0 amide bonds. The molecule has 1 aliphatic carbocycles. The van der Waals surface area contributed by atoms with Crippen molar-refractivity contribution in [3.63, 3.8) is 0 Å². The van der Waals surface area contributed by atoms with Crippen LogP contribution >= 0.6 is 31.9 Å². The minimum atomic E-state index is 0.968. The molecule has 0 unspecified atom stereocenters. The molecule has 0 atom stereocenters. The molecular formula is C8H14Br2. The summed E-state index contributed by atoms with van der Waals surface area (Å²) in [5.74, 6) is 1.94. The van der Waals surface area contributed by atoms with Gasteiger partial charge in [0.05, 0.1) is 0 Å². The van der Waals surface area contributed by atoms with Gasteiger partial charge in [0.25, 0.3) is 0 Å². The van der Waals surface area contributed by atoms with E-state index in [1.54, 1.807) is 0 Å². The predicted molar refractivity (Wildman–Crippen MR) is 53.0 cm³/mol. The predicted octanol–water partition coefficient (Wildman–Crippen LogP) is 3.58. The number of alkyl halides is 2. The summed E-state index contributed by atoms with van der Waals surface area (Å²) in [5, 5.41) is 2.42. The molecule has 1 aliphatic rings. The average molecular weight is 270 g/mol. The van der Waals surface area contributed by atoms with E-state index in [4.69, 9.17) is 0 Å². The molecule has 0 heterocycles. The smallest absolute Gasteiger partial charge is 0.00596 e. The van der Waals surface area contributed by atoms with E-state index in [9.17, 15) is 0 Å². The standard InChI is InChI=1S/C8H14Br2/c9-5-7-1-2-8(6-10)4-3-7/h7-8H,1-6H2/t7-,8+. The van der Waals surface area contributed by atoms with E-state index in [0.717, 1.165) is 11.8 Å². The van der Waals surface area contributed by atoms with E-state index in [2.05, 4.69) is 31.9 Å². The number of halogens is 2. The van der Waals surface area contributed by atoms with Gasteiger partial charge in [0, 0.05) is 10.7 Å².